The molecule has 0 aliphatic heterocycles. The number of fused-ring (bicyclic) bond motifs is 1. The number of ether oxygens (including phenoxy) is 2. The summed E-state index contributed by atoms with van der Waals surface area (Å²) in [6.45, 7) is -0.616. The number of sulfonamides is 1. The average Bonchev–Trinajstić information content (AvgIpc) is 3.25. The molecule has 1 aliphatic carbocycles. The predicted molar refractivity (Wildman–Crippen MR) is 104 cm³/mol. The molecule has 11 heteroatoms. The third-order valence-electron chi connectivity index (χ3n) is 4.34. The van der Waals surface area contributed by atoms with Crippen LogP contribution in [0.25, 0.3) is 0 Å². The van der Waals surface area contributed by atoms with Gasteiger partial charge in [0.1, 0.15) is 22.4 Å². The van der Waals surface area contributed by atoms with Gasteiger partial charge in [-0.3, -0.25) is 4.79 Å². The van der Waals surface area contributed by atoms with Gasteiger partial charge in [0, 0.05) is 4.88 Å². The van der Waals surface area contributed by atoms with E-state index < -0.39 is 28.5 Å². The molecule has 1 aromatic carbocycles. The Balaban J connectivity index is 1.70. The van der Waals surface area contributed by atoms with E-state index in [0.29, 0.717) is 10.6 Å². The fourth-order valence-corrected chi connectivity index (χ4v) is 4.80. The molecule has 29 heavy (non-hydrogen) atoms. The number of hydrogen-bond acceptors (Lipinski definition) is 8. The maximum Gasteiger partial charge on any atom is 0.342 e. The lowest BCUT2D eigenvalue weighted by atomic mass is 10.1. The maximum absolute atomic E-state index is 12.3. The maximum atomic E-state index is 12.3. The highest BCUT2D eigenvalue weighted by Gasteiger charge is 2.24. The molecule has 1 heterocycles. The number of amides is 1. The molecule has 9 nitrogen and oxygen atoms in total. The third kappa shape index (κ3) is 4.40. The first kappa shape index (κ1) is 20.8. The highest BCUT2D eigenvalue weighted by atomic mass is 32.2. The average molecular weight is 435 g/mol. The zero-order chi connectivity index (χ0) is 21.2. The van der Waals surface area contributed by atoms with Crippen LogP contribution in [0, 0.1) is 11.3 Å². The molecule has 3 rings (SSSR count). The quantitative estimate of drug-likeness (QED) is 0.654. The summed E-state index contributed by atoms with van der Waals surface area (Å²) >= 11 is 1.35. The zero-order valence-electron chi connectivity index (χ0n) is 15.4. The van der Waals surface area contributed by atoms with E-state index in [1.165, 1.54) is 30.6 Å². The van der Waals surface area contributed by atoms with Gasteiger partial charge in [0.25, 0.3) is 5.91 Å². The minimum Gasteiger partial charge on any atom is -0.496 e. The summed E-state index contributed by atoms with van der Waals surface area (Å²) < 4.78 is 33.0. The Morgan fingerprint density at radius 2 is 2.10 bits per heavy atom. The van der Waals surface area contributed by atoms with Gasteiger partial charge in [-0.1, -0.05) is 0 Å². The number of hydrogen-bond donors (Lipinski definition) is 2. The van der Waals surface area contributed by atoms with Gasteiger partial charge < -0.3 is 14.8 Å². The highest BCUT2D eigenvalue weighted by Crippen LogP contribution is 2.38. The van der Waals surface area contributed by atoms with E-state index in [2.05, 4.69) is 11.4 Å². The molecule has 0 atom stereocenters. The SMILES string of the molecule is COc1ccc(S(N)(=O)=O)cc1C(=O)OCC(=O)Nc1sc2c(c1C#N)CCC2. The van der Waals surface area contributed by atoms with Crippen molar-refractivity contribution in [3.05, 3.63) is 39.8 Å². The van der Waals surface area contributed by atoms with Crippen LogP contribution < -0.4 is 15.2 Å². The summed E-state index contributed by atoms with van der Waals surface area (Å²) in [7, 11) is -2.73. The molecule has 0 unspecified atom stereocenters. The molecular weight excluding hydrogens is 418 g/mol. The second kappa shape index (κ2) is 8.20. The van der Waals surface area contributed by atoms with E-state index in [1.807, 2.05) is 0 Å². The Kier molecular flexibility index (Phi) is 5.88. The van der Waals surface area contributed by atoms with Crippen molar-refractivity contribution >= 4 is 38.2 Å². The van der Waals surface area contributed by atoms with Crippen LogP contribution in [0.2, 0.25) is 0 Å². The van der Waals surface area contributed by atoms with Crippen molar-refractivity contribution in [3.8, 4) is 11.8 Å². The molecule has 0 spiro atoms. The van der Waals surface area contributed by atoms with Crippen LogP contribution in [-0.4, -0.2) is 34.0 Å². The van der Waals surface area contributed by atoms with Crippen molar-refractivity contribution in [1.82, 2.24) is 0 Å². The Hall–Kier alpha value is -2.94. The zero-order valence-corrected chi connectivity index (χ0v) is 17.0. The number of carbonyl (C=O) groups excluding carboxylic acids is 2. The monoisotopic (exact) mass is 435 g/mol. The number of rotatable bonds is 6. The summed E-state index contributed by atoms with van der Waals surface area (Å²) in [5.74, 6) is -1.49. The number of nitrogens with zero attached hydrogens (tertiary/aromatic N) is 1. The fraction of sp³-hybridized carbons (Fsp3) is 0.278. The van der Waals surface area contributed by atoms with Gasteiger partial charge >= 0.3 is 5.97 Å². The van der Waals surface area contributed by atoms with E-state index in [0.717, 1.165) is 35.8 Å². The Labute approximate surface area is 171 Å². The van der Waals surface area contributed by atoms with Gasteiger partial charge in [-0.05, 0) is 43.0 Å². The number of benzene rings is 1. The summed E-state index contributed by atoms with van der Waals surface area (Å²) in [6.07, 6.45) is 2.67. The van der Waals surface area contributed by atoms with E-state index in [9.17, 15) is 23.3 Å². The van der Waals surface area contributed by atoms with Crippen LogP contribution in [0.4, 0.5) is 5.00 Å². The summed E-state index contributed by atoms with van der Waals surface area (Å²) in [5, 5.41) is 17.5. The molecule has 1 aliphatic rings. The molecule has 0 radical (unpaired) electrons. The second-order valence-corrected chi connectivity index (χ2v) is 8.87. The number of methoxy groups -OCH3 is 1. The van der Waals surface area contributed by atoms with Gasteiger partial charge in [-0.25, -0.2) is 18.4 Å². The lowest BCUT2D eigenvalue weighted by Crippen LogP contribution is -2.21. The number of thiophene rings is 1. The third-order valence-corrected chi connectivity index (χ3v) is 6.46. The number of nitriles is 1. The van der Waals surface area contributed by atoms with Crippen molar-refractivity contribution in [2.75, 3.05) is 19.0 Å². The molecule has 1 amide bonds. The Morgan fingerprint density at radius 3 is 2.76 bits per heavy atom. The lowest BCUT2D eigenvalue weighted by molar-refractivity contribution is -0.119. The number of anilines is 1. The van der Waals surface area contributed by atoms with E-state index >= 15 is 0 Å². The van der Waals surface area contributed by atoms with Crippen molar-refractivity contribution in [1.29, 1.82) is 5.26 Å². The number of carbonyl (C=O) groups is 2. The first-order valence-electron chi connectivity index (χ1n) is 8.47. The van der Waals surface area contributed by atoms with Gasteiger partial charge in [0.2, 0.25) is 10.0 Å². The molecule has 0 fully saturated rings. The number of aryl methyl sites for hydroxylation is 1. The van der Waals surface area contributed by atoms with Gasteiger partial charge in [0.05, 0.1) is 17.6 Å². The minimum absolute atomic E-state index is 0.0734. The van der Waals surface area contributed by atoms with Crippen LogP contribution in [-0.2, 0) is 32.4 Å². The van der Waals surface area contributed by atoms with Crippen LogP contribution in [0.1, 0.15) is 32.8 Å². The normalized spacial score (nSPS) is 12.7. The molecular formula is C18H17N3O6S2. The van der Waals surface area contributed by atoms with E-state index in [4.69, 9.17) is 14.6 Å². The highest BCUT2D eigenvalue weighted by molar-refractivity contribution is 7.89. The van der Waals surface area contributed by atoms with Crippen molar-refractivity contribution in [2.45, 2.75) is 24.2 Å². The van der Waals surface area contributed by atoms with Gasteiger partial charge in [-0.2, -0.15) is 5.26 Å². The minimum atomic E-state index is -4.03. The fourth-order valence-electron chi connectivity index (χ4n) is 3.01. The van der Waals surface area contributed by atoms with Crippen LogP contribution >= 0.6 is 11.3 Å². The van der Waals surface area contributed by atoms with Crippen molar-refractivity contribution in [3.63, 3.8) is 0 Å². The summed E-state index contributed by atoms with van der Waals surface area (Å²) in [5.41, 5.74) is 1.23. The summed E-state index contributed by atoms with van der Waals surface area (Å²) in [6, 6.07) is 5.59. The van der Waals surface area contributed by atoms with Crippen LogP contribution in [0.5, 0.6) is 5.75 Å². The Bertz CT molecular complexity index is 1130. The Morgan fingerprint density at radius 1 is 1.34 bits per heavy atom. The number of primary sulfonamides is 1. The van der Waals surface area contributed by atoms with Crippen molar-refractivity contribution < 1.29 is 27.5 Å². The molecule has 1 aromatic heterocycles. The number of nitrogens with one attached hydrogen (secondary N) is 1. The molecule has 3 N–H and O–H groups in total. The molecule has 0 saturated heterocycles. The number of nitrogens with two attached hydrogens (primary N) is 1. The van der Waals surface area contributed by atoms with Crippen molar-refractivity contribution in [2.24, 2.45) is 5.14 Å². The second-order valence-electron chi connectivity index (χ2n) is 6.20. The summed E-state index contributed by atoms with van der Waals surface area (Å²) in [4.78, 5) is 25.3. The number of esters is 1. The smallest absolute Gasteiger partial charge is 0.342 e. The molecule has 0 bridgehead atoms. The topological polar surface area (TPSA) is 149 Å². The first-order chi connectivity index (χ1) is 13.7. The van der Waals surface area contributed by atoms with Crippen LogP contribution in [0.15, 0.2) is 23.1 Å². The van der Waals surface area contributed by atoms with E-state index in [1.54, 1.807) is 0 Å². The molecule has 152 valence electrons. The predicted octanol–water partition coefficient (Wildman–Crippen LogP) is 1.56. The molecule has 0 saturated carbocycles. The molecule has 2 aromatic rings. The van der Waals surface area contributed by atoms with E-state index in [-0.39, 0.29) is 16.2 Å². The van der Waals surface area contributed by atoms with Gasteiger partial charge in [-0.15, -0.1) is 11.3 Å². The largest absolute Gasteiger partial charge is 0.496 e. The first-order valence-corrected chi connectivity index (χ1v) is 10.8. The van der Waals surface area contributed by atoms with Crippen LogP contribution in [0.3, 0.4) is 0 Å². The lowest BCUT2D eigenvalue weighted by Gasteiger charge is -2.10. The standard InChI is InChI=1S/C18H17N3O6S2/c1-26-14-6-5-10(29(20,24)25)7-12(14)18(23)27-9-16(22)21-17-13(8-19)11-3-2-4-15(11)28-17/h5-7H,2-4,9H2,1H3,(H,21,22)(H2,20,24,25). The van der Waals surface area contributed by atoms with Gasteiger partial charge in [0.15, 0.2) is 6.61 Å².